The summed E-state index contributed by atoms with van der Waals surface area (Å²) in [4.78, 5) is 4.25. The highest BCUT2D eigenvalue weighted by atomic mass is 79.9. The molecule has 0 spiro atoms. The lowest BCUT2D eigenvalue weighted by Crippen LogP contribution is -1.83. The maximum atomic E-state index is 8.98. The molecule has 5 heteroatoms. The highest BCUT2D eigenvalue weighted by Gasteiger charge is 2.09. The van der Waals surface area contributed by atoms with Gasteiger partial charge in [0.25, 0.3) is 0 Å². The van der Waals surface area contributed by atoms with E-state index in [0.717, 1.165) is 15.0 Å². The van der Waals surface area contributed by atoms with Gasteiger partial charge in [-0.1, -0.05) is 39.7 Å². The zero-order valence-corrected chi connectivity index (χ0v) is 10.7. The van der Waals surface area contributed by atoms with Gasteiger partial charge in [-0.05, 0) is 12.1 Å². The van der Waals surface area contributed by atoms with Gasteiger partial charge in [0, 0.05) is 10.0 Å². The number of thiazole rings is 1. The Kier molecular flexibility index (Phi) is 3.41. The summed E-state index contributed by atoms with van der Waals surface area (Å²) >= 11 is 10.7. The van der Waals surface area contributed by atoms with Crippen molar-refractivity contribution >= 4 is 38.9 Å². The van der Waals surface area contributed by atoms with Crippen LogP contribution in [0.4, 0.5) is 0 Å². The molecule has 0 saturated carbocycles. The molecule has 0 bridgehead atoms. The second-order valence-electron chi connectivity index (χ2n) is 2.90. The highest BCUT2D eigenvalue weighted by Crippen LogP contribution is 2.32. The molecular formula is C10H7BrClNOS. The van der Waals surface area contributed by atoms with Gasteiger partial charge >= 0.3 is 0 Å². The summed E-state index contributed by atoms with van der Waals surface area (Å²) in [5.74, 6) is 0. The minimum atomic E-state index is -0.119. The Morgan fingerprint density at radius 1 is 1.33 bits per heavy atom. The Hall–Kier alpha value is -0.420. The van der Waals surface area contributed by atoms with E-state index >= 15 is 0 Å². The highest BCUT2D eigenvalue weighted by molar-refractivity contribution is 9.10. The van der Waals surface area contributed by atoms with Crippen LogP contribution in [-0.2, 0) is 6.61 Å². The SMILES string of the molecule is OCc1nc(-c2ccc(Br)cc2)sc1Cl. The Morgan fingerprint density at radius 2 is 2.00 bits per heavy atom. The molecule has 0 aliphatic carbocycles. The van der Waals surface area contributed by atoms with Gasteiger partial charge in [-0.2, -0.15) is 0 Å². The average Bonchev–Trinajstić information content (AvgIpc) is 2.61. The fourth-order valence-corrected chi connectivity index (χ4v) is 2.54. The monoisotopic (exact) mass is 303 g/mol. The Bertz CT molecular complexity index is 469. The first-order chi connectivity index (χ1) is 7.20. The van der Waals surface area contributed by atoms with E-state index in [1.54, 1.807) is 0 Å². The van der Waals surface area contributed by atoms with Crippen LogP contribution in [0.25, 0.3) is 10.6 Å². The summed E-state index contributed by atoms with van der Waals surface area (Å²) < 4.78 is 1.58. The molecule has 2 rings (SSSR count). The van der Waals surface area contributed by atoms with E-state index in [1.807, 2.05) is 24.3 Å². The van der Waals surface area contributed by atoms with Crippen molar-refractivity contribution in [1.29, 1.82) is 0 Å². The van der Waals surface area contributed by atoms with Gasteiger partial charge in [0.1, 0.15) is 9.34 Å². The summed E-state index contributed by atoms with van der Waals surface area (Å²) in [6.07, 6.45) is 0. The second-order valence-corrected chi connectivity index (χ2v) is 5.42. The molecule has 2 nitrogen and oxygen atoms in total. The summed E-state index contributed by atoms with van der Waals surface area (Å²) in [5.41, 5.74) is 1.55. The Morgan fingerprint density at radius 3 is 2.53 bits per heavy atom. The van der Waals surface area contributed by atoms with Crippen molar-refractivity contribution in [3.63, 3.8) is 0 Å². The topological polar surface area (TPSA) is 33.1 Å². The van der Waals surface area contributed by atoms with Crippen LogP contribution in [0.1, 0.15) is 5.69 Å². The summed E-state index contributed by atoms with van der Waals surface area (Å²) in [6, 6.07) is 7.81. The van der Waals surface area contributed by atoms with E-state index in [2.05, 4.69) is 20.9 Å². The van der Waals surface area contributed by atoms with Crippen molar-refractivity contribution in [2.45, 2.75) is 6.61 Å². The van der Waals surface area contributed by atoms with Crippen LogP contribution in [0.3, 0.4) is 0 Å². The Labute approximate surface area is 105 Å². The molecule has 15 heavy (non-hydrogen) atoms. The van der Waals surface area contributed by atoms with Crippen molar-refractivity contribution in [1.82, 2.24) is 4.98 Å². The largest absolute Gasteiger partial charge is 0.390 e. The zero-order chi connectivity index (χ0) is 10.8. The van der Waals surface area contributed by atoms with E-state index in [-0.39, 0.29) is 6.61 Å². The first kappa shape index (κ1) is 11.1. The van der Waals surface area contributed by atoms with Gasteiger partial charge in [-0.25, -0.2) is 4.98 Å². The molecule has 0 aliphatic heterocycles. The number of aliphatic hydroxyl groups excluding tert-OH is 1. The fourth-order valence-electron chi connectivity index (χ4n) is 1.15. The molecule has 0 saturated heterocycles. The normalized spacial score (nSPS) is 10.6. The predicted molar refractivity (Wildman–Crippen MR) is 66.2 cm³/mol. The molecule has 1 aromatic heterocycles. The molecule has 78 valence electrons. The third-order valence-corrected chi connectivity index (χ3v) is 3.80. The first-order valence-electron chi connectivity index (χ1n) is 4.22. The van der Waals surface area contributed by atoms with Crippen molar-refractivity contribution in [2.24, 2.45) is 0 Å². The fraction of sp³-hybridized carbons (Fsp3) is 0.100. The standard InChI is InChI=1S/C10H7BrClNOS/c11-7-3-1-6(2-4-7)10-13-8(5-14)9(12)15-10/h1-4,14H,5H2. The molecule has 1 heterocycles. The van der Waals surface area contributed by atoms with E-state index in [0.29, 0.717) is 10.0 Å². The lowest BCUT2D eigenvalue weighted by molar-refractivity contribution is 0.278. The lowest BCUT2D eigenvalue weighted by Gasteiger charge is -1.95. The smallest absolute Gasteiger partial charge is 0.125 e. The van der Waals surface area contributed by atoms with Crippen molar-refractivity contribution in [2.75, 3.05) is 0 Å². The van der Waals surface area contributed by atoms with Crippen LogP contribution in [0.5, 0.6) is 0 Å². The van der Waals surface area contributed by atoms with Gasteiger partial charge in [-0.15, -0.1) is 11.3 Å². The molecule has 0 fully saturated rings. The second kappa shape index (κ2) is 4.61. The quantitative estimate of drug-likeness (QED) is 0.917. The third kappa shape index (κ3) is 2.39. The van der Waals surface area contributed by atoms with Crippen LogP contribution in [-0.4, -0.2) is 10.1 Å². The van der Waals surface area contributed by atoms with Crippen LogP contribution in [0, 0.1) is 0 Å². The van der Waals surface area contributed by atoms with Crippen molar-refractivity contribution < 1.29 is 5.11 Å². The number of hydrogen-bond acceptors (Lipinski definition) is 3. The minimum absolute atomic E-state index is 0.119. The summed E-state index contributed by atoms with van der Waals surface area (Å²) in [7, 11) is 0. The molecule has 0 atom stereocenters. The molecule has 0 radical (unpaired) electrons. The molecule has 2 aromatic rings. The number of benzene rings is 1. The molecular weight excluding hydrogens is 298 g/mol. The molecule has 1 aromatic carbocycles. The summed E-state index contributed by atoms with van der Waals surface area (Å²) in [6.45, 7) is -0.119. The minimum Gasteiger partial charge on any atom is -0.390 e. The average molecular weight is 305 g/mol. The van der Waals surface area contributed by atoms with Crippen LogP contribution >= 0.6 is 38.9 Å². The third-order valence-electron chi connectivity index (χ3n) is 1.89. The van der Waals surface area contributed by atoms with Crippen LogP contribution < -0.4 is 0 Å². The first-order valence-corrected chi connectivity index (χ1v) is 6.21. The molecule has 0 unspecified atom stereocenters. The van der Waals surface area contributed by atoms with E-state index in [4.69, 9.17) is 16.7 Å². The summed E-state index contributed by atoms with van der Waals surface area (Å²) in [5, 5.41) is 9.81. The number of aromatic nitrogens is 1. The number of rotatable bonds is 2. The van der Waals surface area contributed by atoms with E-state index in [1.165, 1.54) is 11.3 Å². The van der Waals surface area contributed by atoms with Gasteiger partial charge in [0.05, 0.1) is 12.3 Å². The van der Waals surface area contributed by atoms with Crippen molar-refractivity contribution in [3.8, 4) is 10.6 Å². The van der Waals surface area contributed by atoms with Crippen LogP contribution in [0.15, 0.2) is 28.7 Å². The molecule has 1 N–H and O–H groups in total. The van der Waals surface area contributed by atoms with Gasteiger partial charge in [0.2, 0.25) is 0 Å². The van der Waals surface area contributed by atoms with Gasteiger partial charge in [0.15, 0.2) is 0 Å². The number of hydrogen-bond donors (Lipinski definition) is 1. The maximum Gasteiger partial charge on any atom is 0.125 e. The maximum absolute atomic E-state index is 8.98. The lowest BCUT2D eigenvalue weighted by atomic mass is 10.2. The van der Waals surface area contributed by atoms with Crippen LogP contribution in [0.2, 0.25) is 4.34 Å². The number of halogens is 2. The van der Waals surface area contributed by atoms with Crippen molar-refractivity contribution in [3.05, 3.63) is 38.8 Å². The molecule has 0 aliphatic rings. The molecule has 0 amide bonds. The zero-order valence-electron chi connectivity index (χ0n) is 7.58. The number of nitrogens with zero attached hydrogens (tertiary/aromatic N) is 1. The predicted octanol–water partition coefficient (Wildman–Crippen LogP) is 3.72. The van der Waals surface area contributed by atoms with E-state index < -0.39 is 0 Å². The Balaban J connectivity index is 2.41. The van der Waals surface area contributed by atoms with Gasteiger partial charge < -0.3 is 5.11 Å². The van der Waals surface area contributed by atoms with Gasteiger partial charge in [-0.3, -0.25) is 0 Å². The van der Waals surface area contributed by atoms with E-state index in [9.17, 15) is 0 Å². The number of aliphatic hydroxyl groups is 1.